The summed E-state index contributed by atoms with van der Waals surface area (Å²) in [7, 11) is 4.67. The molecule has 0 aromatic heterocycles. The third kappa shape index (κ3) is 11.6. The molecule has 15 heteroatoms. The van der Waals surface area contributed by atoms with Gasteiger partial charge < -0.3 is 48.3 Å². The van der Waals surface area contributed by atoms with E-state index in [4.69, 9.17) is 33.2 Å². The highest BCUT2D eigenvalue weighted by atomic mass is 16.7. The Kier molecular flexibility index (Phi) is 17.9. The maximum Gasteiger partial charge on any atom is 0.335 e. The fourth-order valence-electron chi connectivity index (χ4n) is 10.3. The molecule has 0 aromatic rings. The molecule has 15 nitrogen and oxygen atoms in total. The maximum absolute atomic E-state index is 14.4. The minimum atomic E-state index is -2.52. The van der Waals surface area contributed by atoms with Gasteiger partial charge in [-0.25, -0.2) is 9.59 Å². The van der Waals surface area contributed by atoms with E-state index in [0.29, 0.717) is 70.0 Å². The largest absolute Gasteiger partial charge is 0.464 e. The van der Waals surface area contributed by atoms with Gasteiger partial charge in [0, 0.05) is 58.5 Å². The summed E-state index contributed by atoms with van der Waals surface area (Å²) in [6, 6.07) is -1.15. The number of carbonyl (C=O) groups is 5. The number of aliphatic hydroxyl groups excluding tert-OH is 1. The highest BCUT2D eigenvalue weighted by Crippen LogP contribution is 2.39. The molecule has 0 spiro atoms. The lowest BCUT2D eigenvalue weighted by molar-refractivity contribution is -0.302. The van der Waals surface area contributed by atoms with E-state index in [1.165, 1.54) is 19.1 Å². The summed E-state index contributed by atoms with van der Waals surface area (Å²) in [5.74, 6) is -8.03. The Morgan fingerprint density at radius 1 is 0.887 bits per heavy atom. The molecular formula is C47H73NO14. The molecule has 2 bridgehead atoms. The number of rotatable bonds is 8. The average Bonchev–Trinajstić information content (AvgIpc) is 3.66. The first kappa shape index (κ1) is 50.0. The lowest BCUT2D eigenvalue weighted by Gasteiger charge is -2.47. The maximum atomic E-state index is 14.4. The van der Waals surface area contributed by atoms with Crippen LogP contribution in [-0.4, -0.2) is 140 Å². The summed E-state index contributed by atoms with van der Waals surface area (Å²) in [4.78, 5) is 70.3. The van der Waals surface area contributed by atoms with Gasteiger partial charge in [0.05, 0.1) is 37.1 Å². The Labute approximate surface area is 367 Å². The van der Waals surface area contributed by atoms with Crippen LogP contribution in [0.15, 0.2) is 23.3 Å². The fourth-order valence-corrected chi connectivity index (χ4v) is 10.3. The lowest BCUT2D eigenvalue weighted by atomic mass is 9.81. The van der Waals surface area contributed by atoms with Crippen molar-refractivity contribution in [3.8, 4) is 0 Å². The third-order valence-corrected chi connectivity index (χ3v) is 14.1. The van der Waals surface area contributed by atoms with Crippen molar-refractivity contribution in [2.75, 3.05) is 34.5 Å². The van der Waals surface area contributed by atoms with Gasteiger partial charge in [0.1, 0.15) is 24.0 Å². The topological polar surface area (TPSA) is 194 Å². The number of piperidine rings is 1. The molecule has 0 radical (unpaired) electrons. The molecule has 3 saturated heterocycles. The standard InChI is InChI=1S/C47H73NO14/c1-10-32-20-26(2)19-27(3)21-39(57-8)42-40(58-9)23-29(5)47(55,62-42)43(51)44(52)48-17-12-11-13-33(48)45(53)61-41(30(6)34(49)25-35(32)50)28(4)22-31-14-15-36(38(24-31)56-7)60-37-16-18-59-46(37)54/h20,22,27,29-34,36-42,49,55H,10-19,21,23-25H2,1-9H3/b26-20+,28-22+/t27-,29+,30+,31-,32+,33-,34-,36+,37?,38+,39-,40-,41?,42+,47+/m0/s1. The Balaban J connectivity index is 1.48. The van der Waals surface area contributed by atoms with E-state index in [9.17, 15) is 34.2 Å². The number of hydrogen-bond donors (Lipinski definition) is 2. The SMILES string of the molecule is CC[C@@H]1/C=C(\C)C[C@H](C)C[C@H](OC)[C@H]2O[C@@](O)(C(=O)C(=O)N3CCCC[C@H]3C(=O)OC(/C(C)=C/[C@@H]3CC[C@@H](OC4CCOC4=O)[C@H](OC)C3)[C@H](C)[C@@H](O)CC1=O)[C@H](C)C[C@@H]2OC. The quantitative estimate of drug-likeness (QED) is 0.192. The van der Waals surface area contributed by atoms with Crippen LogP contribution in [0.2, 0.25) is 0 Å². The van der Waals surface area contributed by atoms with Crippen LogP contribution in [-0.2, 0) is 57.1 Å². The summed E-state index contributed by atoms with van der Waals surface area (Å²) < 4.78 is 41.4. The number of ether oxygens (including phenoxy) is 7. The molecule has 62 heavy (non-hydrogen) atoms. The van der Waals surface area contributed by atoms with E-state index in [1.54, 1.807) is 21.0 Å². The molecule has 1 aliphatic carbocycles. The van der Waals surface area contributed by atoms with E-state index in [-0.39, 0.29) is 61.6 Å². The summed E-state index contributed by atoms with van der Waals surface area (Å²) in [5, 5.41) is 23.9. The molecule has 15 atom stereocenters. The minimum Gasteiger partial charge on any atom is -0.464 e. The van der Waals surface area contributed by atoms with Crippen molar-refractivity contribution >= 4 is 29.4 Å². The highest BCUT2D eigenvalue weighted by molar-refractivity contribution is 6.39. The van der Waals surface area contributed by atoms with E-state index >= 15 is 0 Å². The van der Waals surface area contributed by atoms with Crippen LogP contribution >= 0.6 is 0 Å². The van der Waals surface area contributed by atoms with Crippen molar-refractivity contribution in [1.82, 2.24) is 4.90 Å². The van der Waals surface area contributed by atoms with Gasteiger partial charge in [-0.05, 0) is 95.5 Å². The summed E-state index contributed by atoms with van der Waals surface area (Å²) in [6.45, 7) is 11.6. The van der Waals surface area contributed by atoms with Crippen LogP contribution in [0.1, 0.15) is 119 Å². The zero-order valence-corrected chi connectivity index (χ0v) is 38.4. The number of carbonyl (C=O) groups excluding carboxylic acids is 5. The second-order valence-corrected chi connectivity index (χ2v) is 18.7. The predicted octanol–water partition coefficient (Wildman–Crippen LogP) is 4.81. The number of Topliss-reactive ketones (excluding diaryl/α,β-unsaturated/α-hetero) is 2. The van der Waals surface area contributed by atoms with E-state index < -0.39 is 83.9 Å². The predicted molar refractivity (Wildman–Crippen MR) is 226 cm³/mol. The van der Waals surface area contributed by atoms with Gasteiger partial charge in [-0.1, -0.05) is 45.4 Å². The molecule has 5 rings (SSSR count). The van der Waals surface area contributed by atoms with E-state index in [1.807, 2.05) is 39.8 Å². The van der Waals surface area contributed by atoms with E-state index in [2.05, 4.69) is 0 Å². The average molecular weight is 876 g/mol. The first-order chi connectivity index (χ1) is 29.4. The number of hydrogen-bond acceptors (Lipinski definition) is 14. The number of amides is 1. The first-order valence-corrected chi connectivity index (χ1v) is 22.9. The number of ketones is 2. The molecule has 2 N–H and O–H groups in total. The van der Waals surface area contributed by atoms with Crippen LogP contribution in [0.4, 0.5) is 0 Å². The molecule has 4 aliphatic heterocycles. The van der Waals surface area contributed by atoms with Crippen molar-refractivity contribution in [2.24, 2.45) is 29.6 Å². The third-order valence-electron chi connectivity index (χ3n) is 14.1. The van der Waals surface area contributed by atoms with Crippen LogP contribution < -0.4 is 0 Å². The van der Waals surface area contributed by atoms with Gasteiger partial charge in [0.25, 0.3) is 11.7 Å². The molecule has 5 aliphatic rings. The van der Waals surface area contributed by atoms with Crippen molar-refractivity contribution in [1.29, 1.82) is 0 Å². The number of cyclic esters (lactones) is 2. The van der Waals surface area contributed by atoms with Crippen molar-refractivity contribution < 1.29 is 67.3 Å². The van der Waals surface area contributed by atoms with Gasteiger partial charge in [-0.2, -0.15) is 0 Å². The Hall–Kier alpha value is -3.05. The summed E-state index contributed by atoms with van der Waals surface area (Å²) >= 11 is 0. The second-order valence-electron chi connectivity index (χ2n) is 18.7. The van der Waals surface area contributed by atoms with E-state index in [0.717, 1.165) is 5.57 Å². The zero-order chi connectivity index (χ0) is 45.5. The number of methoxy groups -OCH3 is 3. The number of esters is 2. The first-order valence-electron chi connectivity index (χ1n) is 22.9. The number of allylic oxidation sites excluding steroid dienone is 3. The number of aliphatic hydroxyl groups is 2. The minimum absolute atomic E-state index is 0.0232. The van der Waals surface area contributed by atoms with Gasteiger partial charge in [0.15, 0.2) is 6.10 Å². The molecule has 4 fully saturated rings. The Morgan fingerprint density at radius 2 is 1.58 bits per heavy atom. The molecule has 350 valence electrons. The van der Waals surface area contributed by atoms with Gasteiger partial charge in [0.2, 0.25) is 5.79 Å². The van der Waals surface area contributed by atoms with Crippen molar-refractivity contribution in [2.45, 2.75) is 179 Å². The van der Waals surface area contributed by atoms with Crippen LogP contribution in [0.5, 0.6) is 0 Å². The van der Waals surface area contributed by atoms with Gasteiger partial charge in [-0.3, -0.25) is 14.4 Å². The molecule has 1 saturated carbocycles. The molecule has 4 heterocycles. The van der Waals surface area contributed by atoms with Crippen LogP contribution in [0.25, 0.3) is 0 Å². The monoisotopic (exact) mass is 876 g/mol. The molecule has 1 amide bonds. The lowest BCUT2D eigenvalue weighted by Crippen LogP contribution is -2.64. The smallest absolute Gasteiger partial charge is 0.335 e. The van der Waals surface area contributed by atoms with Gasteiger partial charge in [-0.15, -0.1) is 0 Å². The summed E-state index contributed by atoms with van der Waals surface area (Å²) in [6.07, 6.45) is 3.81. The Bertz CT molecular complexity index is 1650. The zero-order valence-electron chi connectivity index (χ0n) is 38.4. The van der Waals surface area contributed by atoms with Crippen LogP contribution in [0.3, 0.4) is 0 Å². The highest BCUT2D eigenvalue weighted by Gasteiger charge is 2.56. The summed E-state index contributed by atoms with van der Waals surface area (Å²) in [5.41, 5.74) is 1.64. The normalized spacial score (nSPS) is 41.1. The molecule has 2 unspecified atom stereocenters. The van der Waals surface area contributed by atoms with Crippen LogP contribution in [0, 0.1) is 29.6 Å². The van der Waals surface area contributed by atoms with Gasteiger partial charge >= 0.3 is 11.9 Å². The second kappa shape index (κ2) is 22.2. The van der Waals surface area contributed by atoms with Crippen molar-refractivity contribution in [3.05, 3.63) is 23.3 Å². The number of nitrogens with zero attached hydrogens (tertiary/aromatic N) is 1. The Morgan fingerprint density at radius 3 is 2.23 bits per heavy atom. The molecule has 0 aromatic carbocycles. The molecular weight excluding hydrogens is 803 g/mol. The number of fused-ring (bicyclic) bond motifs is 3. The fraction of sp³-hybridized carbons (Fsp3) is 0.809. The van der Waals surface area contributed by atoms with Crippen molar-refractivity contribution in [3.63, 3.8) is 0 Å².